The standard InChI is InChI=1S/C17H20BrNO4S/c1-10-4-6-11(7-5-10)24(20,21)19-9-13(18)12-8-14(19)16-15(12)22-17(2,3)23-16/h4-7,9,12,14-16H,8H2,1-3H3/t12-,14-,15?,16?/m0/s1. The number of benzene rings is 1. The lowest BCUT2D eigenvalue weighted by atomic mass is 10.0. The molecular weight excluding hydrogens is 394 g/mol. The topological polar surface area (TPSA) is 55.8 Å². The molecule has 1 saturated carbocycles. The lowest BCUT2D eigenvalue weighted by Gasteiger charge is -2.34. The minimum Gasteiger partial charge on any atom is -0.344 e. The smallest absolute Gasteiger partial charge is 0.264 e. The van der Waals surface area contributed by atoms with E-state index in [1.807, 2.05) is 32.9 Å². The molecule has 7 heteroatoms. The van der Waals surface area contributed by atoms with Gasteiger partial charge in [0.25, 0.3) is 10.0 Å². The van der Waals surface area contributed by atoms with Crippen molar-refractivity contribution in [2.45, 2.75) is 56.1 Å². The van der Waals surface area contributed by atoms with Crippen LogP contribution in [-0.4, -0.2) is 36.8 Å². The Morgan fingerprint density at radius 1 is 1.17 bits per heavy atom. The molecule has 0 N–H and O–H groups in total. The van der Waals surface area contributed by atoms with E-state index in [4.69, 9.17) is 9.47 Å². The molecule has 1 saturated heterocycles. The SMILES string of the molecule is Cc1ccc(S(=O)(=O)N2C=C(Br)[C@@H]3C[C@H]2C2OC(C)(C)OC23)cc1. The molecule has 5 nitrogen and oxygen atoms in total. The van der Waals surface area contributed by atoms with E-state index in [9.17, 15) is 8.42 Å². The Balaban J connectivity index is 1.74. The summed E-state index contributed by atoms with van der Waals surface area (Å²) < 4.78 is 40.7. The summed E-state index contributed by atoms with van der Waals surface area (Å²) in [6, 6.07) is 6.69. The highest BCUT2D eigenvalue weighted by molar-refractivity contribution is 9.11. The average Bonchev–Trinajstić information content (AvgIpc) is 2.96. The molecule has 130 valence electrons. The summed E-state index contributed by atoms with van der Waals surface area (Å²) in [4.78, 5) is 0.296. The lowest BCUT2D eigenvalue weighted by molar-refractivity contribution is -0.159. The lowest BCUT2D eigenvalue weighted by Crippen LogP contribution is -2.44. The predicted octanol–water partition coefficient (Wildman–Crippen LogP) is 3.14. The van der Waals surface area contributed by atoms with Gasteiger partial charge in [-0.25, -0.2) is 8.42 Å². The molecule has 0 spiro atoms. The molecule has 0 radical (unpaired) electrons. The molecule has 2 heterocycles. The fraction of sp³-hybridized carbons (Fsp3) is 0.529. The number of rotatable bonds is 2. The van der Waals surface area contributed by atoms with Crippen molar-refractivity contribution in [3.63, 3.8) is 0 Å². The average molecular weight is 414 g/mol. The summed E-state index contributed by atoms with van der Waals surface area (Å²) in [5.41, 5.74) is 1.03. The highest BCUT2D eigenvalue weighted by Gasteiger charge is 2.59. The monoisotopic (exact) mass is 413 g/mol. The minimum atomic E-state index is -3.63. The first kappa shape index (κ1) is 16.6. The van der Waals surface area contributed by atoms with Gasteiger partial charge in [0.2, 0.25) is 0 Å². The van der Waals surface area contributed by atoms with Gasteiger partial charge in [-0.15, -0.1) is 0 Å². The van der Waals surface area contributed by atoms with Crippen LogP contribution < -0.4 is 0 Å². The van der Waals surface area contributed by atoms with Gasteiger partial charge in [0.05, 0.1) is 17.0 Å². The van der Waals surface area contributed by atoms with E-state index < -0.39 is 15.8 Å². The highest BCUT2D eigenvalue weighted by atomic mass is 79.9. The Bertz CT molecular complexity index is 802. The highest BCUT2D eigenvalue weighted by Crippen LogP contribution is 2.51. The van der Waals surface area contributed by atoms with Crippen LogP contribution in [0.15, 0.2) is 39.8 Å². The molecule has 1 aromatic carbocycles. The van der Waals surface area contributed by atoms with Crippen molar-refractivity contribution in [1.82, 2.24) is 4.31 Å². The number of halogens is 1. The summed E-state index contributed by atoms with van der Waals surface area (Å²) in [7, 11) is -3.63. The molecule has 2 aliphatic heterocycles. The Hall–Kier alpha value is -0.890. The van der Waals surface area contributed by atoms with Crippen molar-refractivity contribution in [3.05, 3.63) is 40.5 Å². The van der Waals surface area contributed by atoms with Gasteiger partial charge in [0.15, 0.2) is 5.79 Å². The maximum absolute atomic E-state index is 13.1. The van der Waals surface area contributed by atoms with Crippen molar-refractivity contribution in [1.29, 1.82) is 0 Å². The van der Waals surface area contributed by atoms with Gasteiger partial charge in [-0.2, -0.15) is 0 Å². The largest absolute Gasteiger partial charge is 0.344 e. The van der Waals surface area contributed by atoms with Crippen molar-refractivity contribution in [2.24, 2.45) is 5.92 Å². The summed E-state index contributed by atoms with van der Waals surface area (Å²) in [6.45, 7) is 5.68. The van der Waals surface area contributed by atoms with Gasteiger partial charge >= 0.3 is 0 Å². The van der Waals surface area contributed by atoms with Gasteiger partial charge in [-0.3, -0.25) is 4.31 Å². The number of nitrogens with zero attached hydrogens (tertiary/aromatic N) is 1. The Kier molecular flexibility index (Phi) is 3.66. The zero-order chi connectivity index (χ0) is 17.3. The fourth-order valence-electron chi connectivity index (χ4n) is 3.87. The van der Waals surface area contributed by atoms with Crippen LogP contribution in [-0.2, 0) is 19.5 Å². The van der Waals surface area contributed by atoms with E-state index in [-0.39, 0.29) is 24.2 Å². The summed E-state index contributed by atoms with van der Waals surface area (Å²) in [5.74, 6) is -0.540. The molecule has 0 amide bonds. The number of sulfonamides is 1. The number of ether oxygens (including phenoxy) is 2. The summed E-state index contributed by atoms with van der Waals surface area (Å²) >= 11 is 3.55. The molecule has 1 aromatic rings. The van der Waals surface area contributed by atoms with Crippen LogP contribution in [0.4, 0.5) is 0 Å². The first-order valence-corrected chi connectivity index (χ1v) is 10.3. The maximum atomic E-state index is 13.1. The Morgan fingerprint density at radius 3 is 2.46 bits per heavy atom. The first-order chi connectivity index (χ1) is 11.2. The number of hydrogen-bond donors (Lipinski definition) is 0. The van der Waals surface area contributed by atoms with Crippen LogP contribution in [0.25, 0.3) is 0 Å². The van der Waals surface area contributed by atoms with Gasteiger partial charge in [-0.1, -0.05) is 33.6 Å². The number of fused-ring (bicyclic) bond motifs is 5. The molecule has 24 heavy (non-hydrogen) atoms. The van der Waals surface area contributed by atoms with Crippen LogP contribution in [0.3, 0.4) is 0 Å². The van der Waals surface area contributed by atoms with Gasteiger partial charge < -0.3 is 9.47 Å². The van der Waals surface area contributed by atoms with Gasteiger partial charge in [0.1, 0.15) is 6.10 Å². The molecule has 2 unspecified atom stereocenters. The van der Waals surface area contributed by atoms with E-state index in [1.165, 1.54) is 4.31 Å². The van der Waals surface area contributed by atoms with E-state index in [2.05, 4.69) is 15.9 Å². The molecule has 4 atom stereocenters. The third-order valence-corrected chi connectivity index (χ3v) is 7.55. The molecule has 2 fully saturated rings. The van der Waals surface area contributed by atoms with Crippen molar-refractivity contribution in [3.8, 4) is 0 Å². The van der Waals surface area contributed by atoms with Crippen molar-refractivity contribution in [2.75, 3.05) is 0 Å². The van der Waals surface area contributed by atoms with Crippen LogP contribution in [0.5, 0.6) is 0 Å². The quantitative estimate of drug-likeness (QED) is 0.746. The molecule has 1 aliphatic carbocycles. The third-order valence-electron chi connectivity index (χ3n) is 4.96. The van der Waals surface area contributed by atoms with E-state index in [0.29, 0.717) is 11.3 Å². The fourth-order valence-corrected chi connectivity index (χ4v) is 6.21. The Labute approximate surface area is 150 Å². The zero-order valence-electron chi connectivity index (χ0n) is 13.8. The van der Waals surface area contributed by atoms with Crippen LogP contribution in [0.1, 0.15) is 25.8 Å². The molecule has 3 aliphatic rings. The van der Waals surface area contributed by atoms with Crippen LogP contribution in [0.2, 0.25) is 0 Å². The summed E-state index contributed by atoms with van der Waals surface area (Å²) in [5, 5.41) is 0. The molecule has 0 aromatic heterocycles. The summed E-state index contributed by atoms with van der Waals surface area (Å²) in [6.07, 6.45) is 2.02. The number of hydrogen-bond acceptors (Lipinski definition) is 4. The normalized spacial score (nSPS) is 34.2. The predicted molar refractivity (Wildman–Crippen MR) is 92.9 cm³/mol. The van der Waals surface area contributed by atoms with Crippen molar-refractivity contribution < 1.29 is 17.9 Å². The number of aryl methyl sites for hydroxylation is 1. The molecule has 2 bridgehead atoms. The second-order valence-electron chi connectivity index (χ2n) is 7.14. The van der Waals surface area contributed by atoms with Crippen molar-refractivity contribution >= 4 is 26.0 Å². The zero-order valence-corrected chi connectivity index (χ0v) is 16.2. The van der Waals surface area contributed by atoms with Gasteiger partial charge in [0, 0.05) is 16.6 Å². The van der Waals surface area contributed by atoms with E-state index in [0.717, 1.165) is 10.0 Å². The van der Waals surface area contributed by atoms with Crippen LogP contribution in [0, 0.1) is 12.8 Å². The van der Waals surface area contributed by atoms with Crippen LogP contribution >= 0.6 is 15.9 Å². The van der Waals surface area contributed by atoms with E-state index >= 15 is 0 Å². The maximum Gasteiger partial charge on any atom is 0.264 e. The second kappa shape index (κ2) is 5.30. The second-order valence-corrected chi connectivity index (χ2v) is 9.90. The Morgan fingerprint density at radius 2 is 1.79 bits per heavy atom. The third kappa shape index (κ3) is 2.44. The van der Waals surface area contributed by atoms with E-state index in [1.54, 1.807) is 18.3 Å². The van der Waals surface area contributed by atoms with Gasteiger partial charge in [-0.05, 0) is 39.3 Å². The molecular formula is C17H20BrNO4S. The molecule has 4 rings (SSSR count). The first-order valence-electron chi connectivity index (χ1n) is 8.02. The minimum absolute atomic E-state index is 0.117.